The third-order valence-electron chi connectivity index (χ3n) is 3.48. The topological polar surface area (TPSA) is 50.8 Å². The highest BCUT2D eigenvalue weighted by Gasteiger charge is 2.25. The molecular formula is C16H25ClN2O3. The molecule has 2 atom stereocenters. The lowest BCUT2D eigenvalue weighted by atomic mass is 10.1. The molecule has 0 aliphatic carbocycles. The standard InChI is InChI=1S/C16H24N2O3.ClH/c1-12-10-18(11-13(2)17-12)16(19)14-5-4-6-15(9-14)21-8-7-20-3;/h4-6,9,12-13,17H,7-8,10-11H2,1-3H3;1H. The van der Waals surface area contributed by atoms with Crippen LogP contribution in [0.2, 0.25) is 0 Å². The maximum absolute atomic E-state index is 12.6. The van der Waals surface area contributed by atoms with Gasteiger partial charge in [0.2, 0.25) is 0 Å². The molecule has 5 nitrogen and oxygen atoms in total. The molecular weight excluding hydrogens is 304 g/mol. The number of carbonyl (C=O) groups excluding carboxylic acids is 1. The summed E-state index contributed by atoms with van der Waals surface area (Å²) in [6.45, 7) is 6.68. The van der Waals surface area contributed by atoms with Crippen molar-refractivity contribution in [2.75, 3.05) is 33.4 Å². The van der Waals surface area contributed by atoms with Crippen LogP contribution in [0.3, 0.4) is 0 Å². The van der Waals surface area contributed by atoms with Crippen molar-refractivity contribution in [3.63, 3.8) is 0 Å². The molecule has 124 valence electrons. The molecule has 1 aliphatic rings. The Morgan fingerprint density at radius 2 is 1.95 bits per heavy atom. The molecule has 0 spiro atoms. The lowest BCUT2D eigenvalue weighted by Gasteiger charge is -2.36. The van der Waals surface area contributed by atoms with E-state index in [1.807, 2.05) is 23.1 Å². The Morgan fingerprint density at radius 1 is 1.27 bits per heavy atom. The number of rotatable bonds is 5. The van der Waals surface area contributed by atoms with Crippen LogP contribution in [0.5, 0.6) is 5.75 Å². The predicted molar refractivity (Wildman–Crippen MR) is 89.0 cm³/mol. The van der Waals surface area contributed by atoms with E-state index in [0.717, 1.165) is 13.1 Å². The molecule has 0 radical (unpaired) electrons. The number of carbonyl (C=O) groups is 1. The molecule has 1 fully saturated rings. The fourth-order valence-corrected chi connectivity index (χ4v) is 2.64. The first kappa shape index (κ1) is 18.7. The first-order valence-corrected chi connectivity index (χ1v) is 7.37. The van der Waals surface area contributed by atoms with Gasteiger partial charge in [0.15, 0.2) is 0 Å². The Kier molecular flexibility index (Phi) is 7.65. The van der Waals surface area contributed by atoms with Crippen LogP contribution in [0.25, 0.3) is 0 Å². The summed E-state index contributed by atoms with van der Waals surface area (Å²) in [5.74, 6) is 0.765. The van der Waals surface area contributed by atoms with Gasteiger partial charge in [0.05, 0.1) is 6.61 Å². The molecule has 2 rings (SSSR count). The predicted octanol–water partition coefficient (Wildman–Crippen LogP) is 1.96. The highest BCUT2D eigenvalue weighted by molar-refractivity contribution is 5.94. The Morgan fingerprint density at radius 3 is 2.59 bits per heavy atom. The van der Waals surface area contributed by atoms with Crippen LogP contribution in [0.15, 0.2) is 24.3 Å². The number of hydrogen-bond donors (Lipinski definition) is 1. The van der Waals surface area contributed by atoms with Crippen molar-refractivity contribution in [1.29, 1.82) is 0 Å². The molecule has 1 heterocycles. The third kappa shape index (κ3) is 5.16. The number of hydrogen-bond acceptors (Lipinski definition) is 4. The Bertz CT molecular complexity index is 474. The van der Waals surface area contributed by atoms with E-state index in [9.17, 15) is 4.79 Å². The van der Waals surface area contributed by atoms with Crippen LogP contribution in [0, 0.1) is 0 Å². The minimum atomic E-state index is 0. The van der Waals surface area contributed by atoms with Gasteiger partial charge in [-0.2, -0.15) is 0 Å². The number of benzene rings is 1. The van der Waals surface area contributed by atoms with Crippen LogP contribution >= 0.6 is 12.4 Å². The van der Waals surface area contributed by atoms with Crippen molar-refractivity contribution in [1.82, 2.24) is 10.2 Å². The van der Waals surface area contributed by atoms with Crippen LogP contribution in [0.1, 0.15) is 24.2 Å². The average molecular weight is 329 g/mol. The summed E-state index contributed by atoms with van der Waals surface area (Å²) in [5.41, 5.74) is 0.672. The van der Waals surface area contributed by atoms with Crippen LogP contribution in [-0.2, 0) is 4.74 Å². The van der Waals surface area contributed by atoms with E-state index < -0.39 is 0 Å². The zero-order chi connectivity index (χ0) is 15.2. The van der Waals surface area contributed by atoms with Crippen molar-refractivity contribution >= 4 is 18.3 Å². The summed E-state index contributed by atoms with van der Waals surface area (Å²) in [6, 6.07) is 7.98. The summed E-state index contributed by atoms with van der Waals surface area (Å²) in [6.07, 6.45) is 0. The van der Waals surface area contributed by atoms with E-state index in [4.69, 9.17) is 9.47 Å². The van der Waals surface area contributed by atoms with Crippen molar-refractivity contribution in [3.8, 4) is 5.75 Å². The molecule has 0 aromatic heterocycles. The maximum atomic E-state index is 12.6. The van der Waals surface area contributed by atoms with Crippen molar-refractivity contribution in [2.45, 2.75) is 25.9 Å². The highest BCUT2D eigenvalue weighted by Crippen LogP contribution is 2.16. The van der Waals surface area contributed by atoms with E-state index in [1.165, 1.54) is 0 Å². The van der Waals surface area contributed by atoms with Crippen LogP contribution in [-0.4, -0.2) is 56.3 Å². The van der Waals surface area contributed by atoms with Gasteiger partial charge in [0, 0.05) is 37.8 Å². The maximum Gasteiger partial charge on any atom is 0.254 e. The number of amides is 1. The first-order chi connectivity index (χ1) is 10.1. The lowest BCUT2D eigenvalue weighted by Crippen LogP contribution is -2.55. The number of nitrogens with one attached hydrogen (secondary N) is 1. The molecule has 2 unspecified atom stereocenters. The fraction of sp³-hybridized carbons (Fsp3) is 0.562. The molecule has 0 saturated carbocycles. The van der Waals surface area contributed by atoms with Gasteiger partial charge in [-0.1, -0.05) is 6.07 Å². The van der Waals surface area contributed by atoms with Gasteiger partial charge in [-0.25, -0.2) is 0 Å². The van der Waals surface area contributed by atoms with Gasteiger partial charge in [0.25, 0.3) is 5.91 Å². The molecule has 1 aromatic carbocycles. The second-order valence-corrected chi connectivity index (χ2v) is 5.55. The molecule has 6 heteroatoms. The summed E-state index contributed by atoms with van der Waals surface area (Å²) >= 11 is 0. The van der Waals surface area contributed by atoms with Gasteiger partial charge < -0.3 is 19.7 Å². The van der Waals surface area contributed by atoms with Crippen molar-refractivity contribution in [2.24, 2.45) is 0 Å². The fourth-order valence-electron chi connectivity index (χ4n) is 2.64. The van der Waals surface area contributed by atoms with Gasteiger partial charge in [-0.3, -0.25) is 4.79 Å². The van der Waals surface area contributed by atoms with E-state index >= 15 is 0 Å². The van der Waals surface area contributed by atoms with Gasteiger partial charge in [0.1, 0.15) is 12.4 Å². The monoisotopic (exact) mass is 328 g/mol. The Balaban J connectivity index is 0.00000242. The molecule has 22 heavy (non-hydrogen) atoms. The summed E-state index contributed by atoms with van der Waals surface area (Å²) in [5, 5.41) is 3.43. The van der Waals surface area contributed by atoms with Crippen LogP contribution < -0.4 is 10.1 Å². The lowest BCUT2D eigenvalue weighted by molar-refractivity contribution is 0.0673. The zero-order valence-corrected chi connectivity index (χ0v) is 14.2. The van der Waals surface area contributed by atoms with E-state index in [1.54, 1.807) is 13.2 Å². The normalized spacial score (nSPS) is 21.1. The molecule has 1 aliphatic heterocycles. The SMILES string of the molecule is COCCOc1cccc(C(=O)N2CC(C)NC(C)C2)c1.Cl. The number of ether oxygens (including phenoxy) is 2. The van der Waals surface area contributed by atoms with Crippen molar-refractivity contribution in [3.05, 3.63) is 29.8 Å². The minimum Gasteiger partial charge on any atom is -0.491 e. The summed E-state index contributed by atoms with van der Waals surface area (Å²) in [4.78, 5) is 14.5. The van der Waals surface area contributed by atoms with E-state index in [-0.39, 0.29) is 18.3 Å². The molecule has 1 N–H and O–H groups in total. The van der Waals surface area contributed by atoms with Crippen LogP contribution in [0.4, 0.5) is 0 Å². The Labute approximate surface area is 138 Å². The average Bonchev–Trinajstić information content (AvgIpc) is 2.46. The first-order valence-electron chi connectivity index (χ1n) is 7.37. The van der Waals surface area contributed by atoms with Gasteiger partial charge >= 0.3 is 0 Å². The van der Waals surface area contributed by atoms with E-state index in [0.29, 0.717) is 36.6 Å². The molecule has 1 amide bonds. The quantitative estimate of drug-likeness (QED) is 0.839. The minimum absolute atomic E-state index is 0. The second-order valence-electron chi connectivity index (χ2n) is 5.55. The van der Waals surface area contributed by atoms with E-state index in [2.05, 4.69) is 19.2 Å². The number of halogens is 1. The summed E-state index contributed by atoms with van der Waals surface area (Å²) < 4.78 is 10.5. The number of methoxy groups -OCH3 is 1. The number of nitrogens with zero attached hydrogens (tertiary/aromatic N) is 1. The van der Waals surface area contributed by atoms with Gasteiger partial charge in [-0.05, 0) is 32.0 Å². The van der Waals surface area contributed by atoms with Crippen molar-refractivity contribution < 1.29 is 14.3 Å². The molecule has 1 aromatic rings. The summed E-state index contributed by atoms with van der Waals surface area (Å²) in [7, 11) is 1.63. The largest absolute Gasteiger partial charge is 0.491 e. The third-order valence-corrected chi connectivity index (χ3v) is 3.48. The number of piperazine rings is 1. The van der Waals surface area contributed by atoms with Gasteiger partial charge in [-0.15, -0.1) is 12.4 Å². The zero-order valence-electron chi connectivity index (χ0n) is 13.4. The second kappa shape index (κ2) is 8.98. The smallest absolute Gasteiger partial charge is 0.254 e. The Hall–Kier alpha value is -1.30. The molecule has 0 bridgehead atoms. The molecule has 1 saturated heterocycles. The highest BCUT2D eigenvalue weighted by atomic mass is 35.5.